The molecule has 0 saturated heterocycles. The minimum absolute atomic E-state index is 0.279. The van der Waals surface area contributed by atoms with E-state index in [4.69, 9.17) is 10.5 Å². The van der Waals surface area contributed by atoms with Gasteiger partial charge in [0.25, 0.3) is 0 Å². The molecular weight excluding hydrogens is 289 g/mol. The highest BCUT2D eigenvalue weighted by Gasteiger charge is 2.09. The quantitative estimate of drug-likeness (QED) is 0.886. The zero-order valence-corrected chi connectivity index (χ0v) is 10.7. The van der Waals surface area contributed by atoms with Crippen LogP contribution in [0.15, 0.2) is 29.0 Å². The van der Waals surface area contributed by atoms with Crippen LogP contribution in [-0.2, 0) is 6.54 Å². The van der Waals surface area contributed by atoms with Crippen molar-refractivity contribution < 1.29 is 9.13 Å². The predicted octanol–water partition coefficient (Wildman–Crippen LogP) is 3.18. The number of aryl methyl sites for hydroxylation is 1. The van der Waals surface area contributed by atoms with Gasteiger partial charge in [-0.25, -0.2) is 4.39 Å². The number of rotatable bonds is 3. The average Bonchev–Trinajstić information content (AvgIpc) is 2.73. The molecule has 0 bridgehead atoms. The Bertz CT molecular complexity index is 542. The first-order chi connectivity index (χ1) is 8.10. The molecule has 0 unspecified atom stereocenters. The highest BCUT2D eigenvalue weighted by atomic mass is 79.9. The zero-order valence-electron chi connectivity index (χ0n) is 9.15. The first-order valence-corrected chi connectivity index (χ1v) is 5.84. The molecule has 0 radical (unpaired) electrons. The van der Waals surface area contributed by atoms with Gasteiger partial charge in [0.1, 0.15) is 5.82 Å². The Labute approximate surface area is 106 Å². The maximum atomic E-state index is 13.3. The SMILES string of the molecule is CCn1cc(Oc2cc(F)c(Br)cc2N)cn1. The molecule has 1 aromatic heterocycles. The number of aromatic nitrogens is 2. The highest BCUT2D eigenvalue weighted by molar-refractivity contribution is 9.10. The summed E-state index contributed by atoms with van der Waals surface area (Å²) in [4.78, 5) is 0. The lowest BCUT2D eigenvalue weighted by molar-refractivity contribution is 0.477. The van der Waals surface area contributed by atoms with Crippen molar-refractivity contribution in [3.8, 4) is 11.5 Å². The molecule has 0 aliphatic rings. The van der Waals surface area contributed by atoms with E-state index < -0.39 is 5.82 Å². The van der Waals surface area contributed by atoms with Crippen molar-refractivity contribution in [1.82, 2.24) is 9.78 Å². The third kappa shape index (κ3) is 2.58. The molecule has 17 heavy (non-hydrogen) atoms. The van der Waals surface area contributed by atoms with Crippen molar-refractivity contribution in [2.75, 3.05) is 5.73 Å². The molecule has 0 spiro atoms. The van der Waals surface area contributed by atoms with E-state index in [2.05, 4.69) is 21.0 Å². The predicted molar refractivity (Wildman–Crippen MR) is 66.5 cm³/mol. The third-order valence-electron chi connectivity index (χ3n) is 2.21. The summed E-state index contributed by atoms with van der Waals surface area (Å²) < 4.78 is 20.8. The number of halogens is 2. The fourth-order valence-electron chi connectivity index (χ4n) is 1.33. The Morgan fingerprint density at radius 3 is 2.94 bits per heavy atom. The van der Waals surface area contributed by atoms with Gasteiger partial charge in [0.2, 0.25) is 0 Å². The number of nitrogen functional groups attached to an aromatic ring is 1. The van der Waals surface area contributed by atoms with Gasteiger partial charge in [-0.3, -0.25) is 4.68 Å². The Kier molecular flexibility index (Phi) is 3.33. The number of hydrogen-bond donors (Lipinski definition) is 1. The van der Waals surface area contributed by atoms with Crippen molar-refractivity contribution >= 4 is 21.6 Å². The van der Waals surface area contributed by atoms with Crippen LogP contribution in [0.4, 0.5) is 10.1 Å². The van der Waals surface area contributed by atoms with E-state index in [0.717, 1.165) is 6.54 Å². The average molecular weight is 300 g/mol. The third-order valence-corrected chi connectivity index (χ3v) is 2.82. The van der Waals surface area contributed by atoms with Gasteiger partial charge in [0, 0.05) is 12.6 Å². The molecule has 0 aliphatic carbocycles. The van der Waals surface area contributed by atoms with Crippen molar-refractivity contribution in [2.45, 2.75) is 13.5 Å². The maximum absolute atomic E-state index is 13.3. The summed E-state index contributed by atoms with van der Waals surface area (Å²) in [6, 6.07) is 2.71. The molecule has 0 amide bonds. The largest absolute Gasteiger partial charge is 0.452 e. The van der Waals surface area contributed by atoms with Gasteiger partial charge in [-0.05, 0) is 28.9 Å². The number of ether oxygens (including phenoxy) is 1. The van der Waals surface area contributed by atoms with E-state index in [1.807, 2.05) is 6.92 Å². The molecular formula is C11H11BrFN3O. The highest BCUT2D eigenvalue weighted by Crippen LogP contribution is 2.31. The van der Waals surface area contributed by atoms with Crippen LogP contribution in [0.25, 0.3) is 0 Å². The van der Waals surface area contributed by atoms with Gasteiger partial charge >= 0.3 is 0 Å². The fraction of sp³-hybridized carbons (Fsp3) is 0.182. The molecule has 2 rings (SSSR count). The summed E-state index contributed by atoms with van der Waals surface area (Å²) >= 11 is 3.05. The molecule has 1 heterocycles. The monoisotopic (exact) mass is 299 g/mol. The first kappa shape index (κ1) is 11.9. The van der Waals surface area contributed by atoms with E-state index in [1.54, 1.807) is 17.1 Å². The summed E-state index contributed by atoms with van der Waals surface area (Å²) in [6.45, 7) is 2.71. The number of benzene rings is 1. The summed E-state index contributed by atoms with van der Waals surface area (Å²) in [6.07, 6.45) is 3.28. The maximum Gasteiger partial charge on any atom is 0.165 e. The minimum Gasteiger partial charge on any atom is -0.452 e. The molecule has 0 atom stereocenters. The van der Waals surface area contributed by atoms with Crippen LogP contribution >= 0.6 is 15.9 Å². The Hall–Kier alpha value is -1.56. The second kappa shape index (κ2) is 4.75. The lowest BCUT2D eigenvalue weighted by Gasteiger charge is -2.07. The van der Waals surface area contributed by atoms with Crippen molar-refractivity contribution in [3.05, 3.63) is 34.8 Å². The summed E-state index contributed by atoms with van der Waals surface area (Å²) in [5, 5.41) is 4.05. The molecule has 4 nitrogen and oxygen atoms in total. The zero-order chi connectivity index (χ0) is 12.4. The van der Waals surface area contributed by atoms with E-state index in [1.165, 1.54) is 12.1 Å². The number of nitrogens with zero attached hydrogens (tertiary/aromatic N) is 2. The molecule has 0 aliphatic heterocycles. The summed E-state index contributed by atoms with van der Waals surface area (Å²) in [7, 11) is 0. The van der Waals surface area contributed by atoms with Crippen molar-refractivity contribution in [3.63, 3.8) is 0 Å². The number of anilines is 1. The first-order valence-electron chi connectivity index (χ1n) is 5.05. The number of hydrogen-bond acceptors (Lipinski definition) is 3. The van der Waals surface area contributed by atoms with Crippen molar-refractivity contribution in [2.24, 2.45) is 0 Å². The van der Waals surface area contributed by atoms with E-state index in [0.29, 0.717) is 15.9 Å². The van der Waals surface area contributed by atoms with Crippen LogP contribution in [0, 0.1) is 5.82 Å². The van der Waals surface area contributed by atoms with Gasteiger partial charge < -0.3 is 10.5 Å². The van der Waals surface area contributed by atoms with Crippen LogP contribution in [0.3, 0.4) is 0 Å². The Morgan fingerprint density at radius 1 is 1.53 bits per heavy atom. The summed E-state index contributed by atoms with van der Waals surface area (Å²) in [5.41, 5.74) is 6.09. The van der Waals surface area contributed by atoms with Gasteiger partial charge in [-0.2, -0.15) is 5.10 Å². The fourth-order valence-corrected chi connectivity index (χ4v) is 1.69. The molecule has 2 N–H and O–H groups in total. The molecule has 0 fully saturated rings. The Balaban J connectivity index is 2.26. The van der Waals surface area contributed by atoms with Crippen LogP contribution in [0.5, 0.6) is 11.5 Å². The second-order valence-corrected chi connectivity index (χ2v) is 4.29. The molecule has 0 saturated carbocycles. The van der Waals surface area contributed by atoms with Crippen LogP contribution in [0.1, 0.15) is 6.92 Å². The standard InChI is InChI=1S/C11H11BrFN3O/c1-2-16-6-7(5-15-16)17-11-4-9(13)8(12)3-10(11)14/h3-6H,2,14H2,1H3. The van der Waals surface area contributed by atoms with Crippen molar-refractivity contribution in [1.29, 1.82) is 0 Å². The number of nitrogens with two attached hydrogens (primary N) is 1. The summed E-state index contributed by atoms with van der Waals surface area (Å²) in [5.74, 6) is 0.388. The minimum atomic E-state index is -0.419. The molecule has 1 aromatic carbocycles. The normalized spacial score (nSPS) is 10.5. The molecule has 6 heteroatoms. The van der Waals surface area contributed by atoms with Gasteiger partial charge in [0.05, 0.1) is 22.6 Å². The topological polar surface area (TPSA) is 53.1 Å². The van der Waals surface area contributed by atoms with Gasteiger partial charge in [0.15, 0.2) is 11.5 Å². The lowest BCUT2D eigenvalue weighted by atomic mass is 10.3. The lowest BCUT2D eigenvalue weighted by Crippen LogP contribution is -1.94. The van der Waals surface area contributed by atoms with E-state index >= 15 is 0 Å². The second-order valence-electron chi connectivity index (χ2n) is 3.44. The van der Waals surface area contributed by atoms with Crippen LogP contribution in [-0.4, -0.2) is 9.78 Å². The van der Waals surface area contributed by atoms with E-state index in [9.17, 15) is 4.39 Å². The van der Waals surface area contributed by atoms with E-state index in [-0.39, 0.29) is 5.75 Å². The van der Waals surface area contributed by atoms with Gasteiger partial charge in [-0.15, -0.1) is 0 Å². The molecule has 90 valence electrons. The van der Waals surface area contributed by atoms with Crippen LogP contribution in [0.2, 0.25) is 0 Å². The molecule has 2 aromatic rings. The Morgan fingerprint density at radius 2 is 2.29 bits per heavy atom. The van der Waals surface area contributed by atoms with Crippen LogP contribution < -0.4 is 10.5 Å². The smallest absolute Gasteiger partial charge is 0.165 e. The van der Waals surface area contributed by atoms with Gasteiger partial charge in [-0.1, -0.05) is 0 Å².